The number of aliphatic hydroxyl groups is 1. The molecule has 1 rings (SSSR count). The summed E-state index contributed by atoms with van der Waals surface area (Å²) in [6, 6.07) is -0.0447. The van der Waals surface area contributed by atoms with Crippen LogP contribution in [0.15, 0.2) is 4.34 Å². The van der Waals surface area contributed by atoms with Crippen LogP contribution in [0.1, 0.15) is 13.8 Å². The largest absolute Gasteiger partial charge is 0.395 e. The second kappa shape index (κ2) is 6.53. The van der Waals surface area contributed by atoms with Crippen molar-refractivity contribution in [1.82, 2.24) is 10.2 Å². The molecule has 3 N–H and O–H groups in total. The molecule has 0 aliphatic heterocycles. The molecule has 0 fully saturated rings. The summed E-state index contributed by atoms with van der Waals surface area (Å²) in [5, 5.41) is 18.3. The van der Waals surface area contributed by atoms with Gasteiger partial charge < -0.3 is 15.7 Å². The van der Waals surface area contributed by atoms with Crippen LogP contribution in [0.5, 0.6) is 0 Å². The zero-order valence-electron chi connectivity index (χ0n) is 10.6. The fraction of sp³-hybridized carbons (Fsp3) is 0.800. The summed E-state index contributed by atoms with van der Waals surface area (Å²) in [6.45, 7) is 4.17. The lowest BCUT2D eigenvalue weighted by Gasteiger charge is -2.23. The van der Waals surface area contributed by atoms with Crippen LogP contribution in [-0.2, 0) is 0 Å². The number of rotatable bonds is 6. The van der Waals surface area contributed by atoms with Crippen LogP contribution in [0, 0.1) is 5.92 Å². The van der Waals surface area contributed by atoms with E-state index in [-0.39, 0.29) is 17.9 Å². The van der Waals surface area contributed by atoms with Crippen molar-refractivity contribution in [2.24, 2.45) is 11.7 Å². The monoisotopic (exact) mass is 276 g/mol. The van der Waals surface area contributed by atoms with Gasteiger partial charge in [-0.2, -0.15) is 0 Å². The maximum Gasteiger partial charge on any atom is 0.208 e. The molecule has 2 atom stereocenters. The Morgan fingerprint density at radius 2 is 2.06 bits per heavy atom. The highest BCUT2D eigenvalue weighted by atomic mass is 32.2. The van der Waals surface area contributed by atoms with Gasteiger partial charge in [-0.3, -0.25) is 0 Å². The van der Waals surface area contributed by atoms with Crippen molar-refractivity contribution < 1.29 is 5.11 Å². The fourth-order valence-corrected chi connectivity index (χ4v) is 3.41. The first-order valence-electron chi connectivity index (χ1n) is 5.49. The lowest BCUT2D eigenvalue weighted by Crippen LogP contribution is -2.39. The maximum atomic E-state index is 9.37. The zero-order chi connectivity index (χ0) is 13.0. The van der Waals surface area contributed by atoms with E-state index in [1.54, 1.807) is 0 Å². The third-order valence-electron chi connectivity index (χ3n) is 2.41. The Kier molecular flexibility index (Phi) is 5.64. The van der Waals surface area contributed by atoms with Crippen molar-refractivity contribution in [3.63, 3.8) is 0 Å². The molecule has 0 spiro atoms. The number of aliphatic hydroxyl groups excluding tert-OH is 1. The van der Waals surface area contributed by atoms with Crippen molar-refractivity contribution in [2.45, 2.75) is 29.5 Å². The van der Waals surface area contributed by atoms with Crippen LogP contribution in [0.4, 0.5) is 5.13 Å². The van der Waals surface area contributed by atoms with Gasteiger partial charge >= 0.3 is 0 Å². The molecule has 5 nitrogen and oxygen atoms in total. The quantitative estimate of drug-likeness (QED) is 0.756. The van der Waals surface area contributed by atoms with Gasteiger partial charge in [-0.15, -0.1) is 10.2 Å². The molecular formula is C10H20N4OS2. The molecule has 0 saturated heterocycles. The summed E-state index contributed by atoms with van der Waals surface area (Å²) >= 11 is 3.02. The van der Waals surface area contributed by atoms with Crippen molar-refractivity contribution in [3.8, 4) is 0 Å². The average Bonchev–Trinajstić information content (AvgIpc) is 2.73. The SMILES string of the molecule is CC(C)C(N)C(CO)Sc1nnc(N(C)C)s1. The number of aromatic nitrogens is 2. The van der Waals surface area contributed by atoms with Gasteiger partial charge in [-0.25, -0.2) is 0 Å². The van der Waals surface area contributed by atoms with E-state index in [4.69, 9.17) is 5.73 Å². The lowest BCUT2D eigenvalue weighted by molar-refractivity contribution is 0.269. The minimum Gasteiger partial charge on any atom is -0.395 e. The smallest absolute Gasteiger partial charge is 0.208 e. The highest BCUT2D eigenvalue weighted by Crippen LogP contribution is 2.31. The number of nitrogens with zero attached hydrogens (tertiary/aromatic N) is 3. The molecule has 7 heteroatoms. The first kappa shape index (κ1) is 14.7. The predicted molar refractivity (Wildman–Crippen MR) is 73.8 cm³/mol. The van der Waals surface area contributed by atoms with Gasteiger partial charge in [0.15, 0.2) is 4.34 Å². The number of anilines is 1. The molecule has 1 aromatic heterocycles. The Hall–Kier alpha value is -0.370. The predicted octanol–water partition coefficient (Wildman–Crippen LogP) is 1.04. The van der Waals surface area contributed by atoms with Gasteiger partial charge in [0.1, 0.15) is 0 Å². The van der Waals surface area contributed by atoms with E-state index in [0.29, 0.717) is 5.92 Å². The second-order valence-corrected chi connectivity index (χ2v) is 6.85. The Bertz CT molecular complexity index is 343. The van der Waals surface area contributed by atoms with Crippen LogP contribution in [-0.4, -0.2) is 47.3 Å². The standard InChI is InChI=1S/C10H20N4OS2/c1-6(2)8(11)7(5-15)16-10-13-12-9(17-10)14(3)4/h6-8,15H,5,11H2,1-4H3. The van der Waals surface area contributed by atoms with Crippen molar-refractivity contribution >= 4 is 28.2 Å². The van der Waals surface area contributed by atoms with E-state index in [1.165, 1.54) is 23.1 Å². The minimum atomic E-state index is -0.0447. The molecule has 1 aromatic rings. The highest BCUT2D eigenvalue weighted by molar-refractivity contribution is 8.01. The molecule has 0 bridgehead atoms. The van der Waals surface area contributed by atoms with Crippen LogP contribution in [0.2, 0.25) is 0 Å². The van der Waals surface area contributed by atoms with Crippen LogP contribution in [0.3, 0.4) is 0 Å². The fourth-order valence-electron chi connectivity index (χ4n) is 1.23. The Morgan fingerprint density at radius 1 is 1.41 bits per heavy atom. The highest BCUT2D eigenvalue weighted by Gasteiger charge is 2.23. The first-order valence-corrected chi connectivity index (χ1v) is 7.19. The normalized spacial score (nSPS) is 15.0. The summed E-state index contributed by atoms with van der Waals surface area (Å²) in [5.74, 6) is 0.334. The number of thioether (sulfide) groups is 1. The molecule has 17 heavy (non-hydrogen) atoms. The molecule has 0 aromatic carbocycles. The van der Waals surface area contributed by atoms with Crippen LogP contribution < -0.4 is 10.6 Å². The van der Waals surface area contributed by atoms with Crippen LogP contribution >= 0.6 is 23.1 Å². The van der Waals surface area contributed by atoms with Crippen molar-refractivity contribution in [2.75, 3.05) is 25.6 Å². The van der Waals surface area contributed by atoms with Gasteiger partial charge in [-0.1, -0.05) is 36.9 Å². The molecule has 0 aliphatic carbocycles. The number of hydrogen-bond donors (Lipinski definition) is 2. The third kappa shape index (κ3) is 4.09. The van der Waals surface area contributed by atoms with Gasteiger partial charge in [0, 0.05) is 20.1 Å². The van der Waals surface area contributed by atoms with E-state index >= 15 is 0 Å². The molecule has 0 saturated carbocycles. The third-order valence-corrected chi connectivity index (χ3v) is 4.88. The van der Waals surface area contributed by atoms with Gasteiger partial charge in [0.2, 0.25) is 5.13 Å². The van der Waals surface area contributed by atoms with Crippen LogP contribution in [0.25, 0.3) is 0 Å². The van der Waals surface area contributed by atoms with Gasteiger partial charge in [0.25, 0.3) is 0 Å². The van der Waals surface area contributed by atoms with E-state index < -0.39 is 0 Å². The molecular weight excluding hydrogens is 256 g/mol. The summed E-state index contributed by atoms with van der Waals surface area (Å²) in [7, 11) is 3.86. The summed E-state index contributed by atoms with van der Waals surface area (Å²) in [5.41, 5.74) is 6.05. The lowest BCUT2D eigenvalue weighted by atomic mass is 10.0. The zero-order valence-corrected chi connectivity index (χ0v) is 12.3. The van der Waals surface area contributed by atoms with Gasteiger partial charge in [-0.05, 0) is 5.92 Å². The van der Waals surface area contributed by atoms with Crippen molar-refractivity contribution in [1.29, 1.82) is 0 Å². The summed E-state index contributed by atoms with van der Waals surface area (Å²) < 4.78 is 0.851. The maximum absolute atomic E-state index is 9.37. The average molecular weight is 276 g/mol. The number of hydrogen-bond acceptors (Lipinski definition) is 7. The molecule has 0 aliphatic rings. The topological polar surface area (TPSA) is 75.3 Å². The van der Waals surface area contributed by atoms with E-state index in [1.807, 2.05) is 19.0 Å². The van der Waals surface area contributed by atoms with Gasteiger partial charge in [0.05, 0.1) is 11.9 Å². The Balaban J connectivity index is 2.67. The molecule has 0 radical (unpaired) electrons. The molecule has 1 heterocycles. The van der Waals surface area contributed by atoms with E-state index in [0.717, 1.165) is 9.47 Å². The Labute approximate surface area is 110 Å². The van der Waals surface area contributed by atoms with Crippen molar-refractivity contribution in [3.05, 3.63) is 0 Å². The summed E-state index contributed by atoms with van der Waals surface area (Å²) in [4.78, 5) is 1.91. The molecule has 2 unspecified atom stereocenters. The van der Waals surface area contributed by atoms with E-state index in [9.17, 15) is 5.11 Å². The molecule has 98 valence electrons. The minimum absolute atomic E-state index is 0.0297. The Morgan fingerprint density at radius 3 is 2.47 bits per heavy atom. The second-order valence-electron chi connectivity index (χ2n) is 4.41. The first-order chi connectivity index (χ1) is 7.95. The molecule has 0 amide bonds. The number of nitrogens with two attached hydrogens (primary N) is 1. The summed E-state index contributed by atoms with van der Waals surface area (Å²) in [6.07, 6.45) is 0. The van der Waals surface area contributed by atoms with E-state index in [2.05, 4.69) is 24.0 Å².